The predicted molar refractivity (Wildman–Crippen MR) is 108 cm³/mol. The summed E-state index contributed by atoms with van der Waals surface area (Å²) in [5, 5.41) is 9.72. The number of likely N-dealkylation sites (N-methyl/N-ethyl adjacent to an activating group) is 2. The van der Waals surface area contributed by atoms with E-state index in [9.17, 15) is 5.11 Å². The van der Waals surface area contributed by atoms with Crippen LogP contribution in [0.1, 0.15) is 24.0 Å². The van der Waals surface area contributed by atoms with E-state index in [2.05, 4.69) is 69.1 Å². The summed E-state index contributed by atoms with van der Waals surface area (Å²) in [6, 6.07) is 11.3. The molecule has 144 valence electrons. The van der Waals surface area contributed by atoms with Gasteiger partial charge in [-0.1, -0.05) is 24.3 Å². The van der Waals surface area contributed by atoms with Gasteiger partial charge in [0.2, 0.25) is 0 Å². The van der Waals surface area contributed by atoms with Crippen molar-refractivity contribution in [3.63, 3.8) is 0 Å². The van der Waals surface area contributed by atoms with Crippen LogP contribution in [0.3, 0.4) is 0 Å². The number of rotatable bonds is 4. The highest BCUT2D eigenvalue weighted by Gasteiger charge is 2.25. The van der Waals surface area contributed by atoms with Crippen LogP contribution in [0.4, 0.5) is 11.6 Å². The number of aliphatic hydroxyl groups excluding tert-OH is 1. The van der Waals surface area contributed by atoms with E-state index in [1.54, 1.807) is 6.33 Å². The van der Waals surface area contributed by atoms with Gasteiger partial charge in [0.1, 0.15) is 18.0 Å². The average molecular weight is 367 g/mol. The van der Waals surface area contributed by atoms with Gasteiger partial charge in [-0.2, -0.15) is 0 Å². The van der Waals surface area contributed by atoms with E-state index in [1.165, 1.54) is 11.1 Å². The van der Waals surface area contributed by atoms with Crippen molar-refractivity contribution in [1.82, 2.24) is 14.9 Å². The summed E-state index contributed by atoms with van der Waals surface area (Å²) < 4.78 is 0. The van der Waals surface area contributed by atoms with Crippen LogP contribution >= 0.6 is 0 Å². The molecule has 0 amide bonds. The minimum absolute atomic E-state index is 0.171. The molecular formula is C21H29N5O. The Morgan fingerprint density at radius 1 is 1.15 bits per heavy atom. The number of nitrogens with zero attached hydrogens (tertiary/aromatic N) is 5. The molecule has 0 bridgehead atoms. The van der Waals surface area contributed by atoms with Crippen molar-refractivity contribution < 1.29 is 5.11 Å². The summed E-state index contributed by atoms with van der Waals surface area (Å²) in [6.07, 6.45) is 4.17. The Labute approximate surface area is 161 Å². The smallest absolute Gasteiger partial charge is 0.134 e. The number of fused-ring (bicyclic) bond motifs is 1. The Kier molecular flexibility index (Phi) is 5.27. The van der Waals surface area contributed by atoms with Gasteiger partial charge in [0.05, 0.1) is 6.10 Å². The minimum atomic E-state index is -0.171. The van der Waals surface area contributed by atoms with Crippen molar-refractivity contribution in [3.05, 3.63) is 47.8 Å². The quantitative estimate of drug-likeness (QED) is 0.891. The molecule has 1 fully saturated rings. The predicted octanol–water partition coefficient (Wildman–Crippen LogP) is 1.93. The first kappa shape index (κ1) is 18.2. The highest BCUT2D eigenvalue weighted by atomic mass is 16.3. The molecule has 27 heavy (non-hydrogen) atoms. The van der Waals surface area contributed by atoms with Gasteiger partial charge in [0.15, 0.2) is 0 Å². The molecule has 1 atom stereocenters. The van der Waals surface area contributed by atoms with Gasteiger partial charge < -0.3 is 14.9 Å². The van der Waals surface area contributed by atoms with Crippen molar-refractivity contribution in [2.45, 2.75) is 38.0 Å². The van der Waals surface area contributed by atoms with Gasteiger partial charge in [-0.3, -0.25) is 4.90 Å². The van der Waals surface area contributed by atoms with Crippen LogP contribution in [0.15, 0.2) is 36.7 Å². The fourth-order valence-electron chi connectivity index (χ4n) is 4.15. The van der Waals surface area contributed by atoms with Crippen LogP contribution in [0, 0.1) is 0 Å². The van der Waals surface area contributed by atoms with E-state index in [4.69, 9.17) is 0 Å². The molecule has 6 heteroatoms. The summed E-state index contributed by atoms with van der Waals surface area (Å²) in [7, 11) is 4.32. The van der Waals surface area contributed by atoms with E-state index < -0.39 is 0 Å². The maximum atomic E-state index is 9.72. The second-order valence-corrected chi connectivity index (χ2v) is 7.87. The molecule has 1 aromatic heterocycles. The first-order valence-corrected chi connectivity index (χ1v) is 9.83. The second-order valence-electron chi connectivity index (χ2n) is 7.87. The molecule has 3 heterocycles. The standard InChI is InChI=1S/C21H29N5O/c1-24-13-17-6-4-3-5-16(17)11-18(24)14-25(2)20-12-21(23-15-22-20)26-9-7-19(27)8-10-26/h3-6,12,15,18-19,27H,7-11,13-14H2,1-2H3/t18-/m0/s1. The second kappa shape index (κ2) is 7.82. The topological polar surface area (TPSA) is 55.7 Å². The van der Waals surface area contributed by atoms with Crippen LogP contribution in [0.5, 0.6) is 0 Å². The molecule has 2 aliphatic heterocycles. The fraction of sp³-hybridized carbons (Fsp3) is 0.524. The van der Waals surface area contributed by atoms with E-state index in [0.717, 1.165) is 57.1 Å². The number of hydrogen-bond donors (Lipinski definition) is 1. The number of hydrogen-bond acceptors (Lipinski definition) is 6. The largest absolute Gasteiger partial charge is 0.393 e. The Bertz CT molecular complexity index is 775. The zero-order valence-corrected chi connectivity index (χ0v) is 16.3. The van der Waals surface area contributed by atoms with Crippen molar-refractivity contribution >= 4 is 11.6 Å². The van der Waals surface area contributed by atoms with Crippen molar-refractivity contribution in [1.29, 1.82) is 0 Å². The van der Waals surface area contributed by atoms with Gasteiger partial charge in [0.25, 0.3) is 0 Å². The molecule has 2 aromatic rings. The highest BCUT2D eigenvalue weighted by Crippen LogP contribution is 2.25. The van der Waals surface area contributed by atoms with E-state index in [1.807, 2.05) is 0 Å². The molecule has 0 radical (unpaired) electrons. The summed E-state index contributed by atoms with van der Waals surface area (Å²) in [5.74, 6) is 1.92. The number of aliphatic hydroxyl groups is 1. The maximum absolute atomic E-state index is 9.72. The third kappa shape index (κ3) is 4.06. The number of benzene rings is 1. The van der Waals surface area contributed by atoms with Crippen LogP contribution in [0.2, 0.25) is 0 Å². The molecule has 0 saturated carbocycles. The SMILES string of the molecule is CN(C[C@@H]1Cc2ccccc2CN1C)c1cc(N2CCC(O)CC2)ncn1. The van der Waals surface area contributed by atoms with Crippen molar-refractivity contribution in [3.8, 4) is 0 Å². The Balaban J connectivity index is 1.44. The van der Waals surface area contributed by atoms with Crippen LogP contribution in [-0.2, 0) is 13.0 Å². The van der Waals surface area contributed by atoms with Gasteiger partial charge >= 0.3 is 0 Å². The molecular weight excluding hydrogens is 338 g/mol. The molecule has 1 saturated heterocycles. The number of aromatic nitrogens is 2. The molecule has 0 spiro atoms. The summed E-state index contributed by atoms with van der Waals surface area (Å²) >= 11 is 0. The van der Waals surface area contributed by atoms with Crippen molar-refractivity contribution in [2.24, 2.45) is 0 Å². The molecule has 2 aliphatic rings. The zero-order chi connectivity index (χ0) is 18.8. The summed E-state index contributed by atoms with van der Waals surface area (Å²) in [6.45, 7) is 3.63. The lowest BCUT2D eigenvalue weighted by Crippen LogP contribution is -2.45. The molecule has 0 aliphatic carbocycles. The highest BCUT2D eigenvalue weighted by molar-refractivity contribution is 5.50. The first-order valence-electron chi connectivity index (χ1n) is 9.83. The number of piperidine rings is 1. The first-order chi connectivity index (χ1) is 13.1. The fourth-order valence-corrected chi connectivity index (χ4v) is 4.15. The Morgan fingerprint density at radius 3 is 2.67 bits per heavy atom. The molecule has 4 rings (SSSR count). The monoisotopic (exact) mass is 367 g/mol. The molecule has 1 aromatic carbocycles. The average Bonchev–Trinajstić information content (AvgIpc) is 2.69. The summed E-state index contributed by atoms with van der Waals surface area (Å²) in [5.41, 5.74) is 2.90. The number of anilines is 2. The van der Waals surface area contributed by atoms with E-state index >= 15 is 0 Å². The maximum Gasteiger partial charge on any atom is 0.134 e. The lowest BCUT2D eigenvalue weighted by Gasteiger charge is -2.37. The van der Waals surface area contributed by atoms with Crippen LogP contribution in [-0.4, -0.2) is 65.8 Å². The van der Waals surface area contributed by atoms with E-state index in [0.29, 0.717) is 6.04 Å². The third-order valence-electron chi connectivity index (χ3n) is 5.92. The zero-order valence-electron chi connectivity index (χ0n) is 16.3. The van der Waals surface area contributed by atoms with Crippen LogP contribution in [0.25, 0.3) is 0 Å². The normalized spacial score (nSPS) is 21.1. The van der Waals surface area contributed by atoms with Gasteiger partial charge in [-0.15, -0.1) is 0 Å². The van der Waals surface area contributed by atoms with Crippen LogP contribution < -0.4 is 9.80 Å². The molecule has 0 unspecified atom stereocenters. The van der Waals surface area contributed by atoms with Crippen molar-refractivity contribution in [2.75, 3.05) is 43.5 Å². The third-order valence-corrected chi connectivity index (χ3v) is 5.92. The molecule has 6 nitrogen and oxygen atoms in total. The van der Waals surface area contributed by atoms with Gasteiger partial charge in [-0.05, 0) is 37.4 Å². The minimum Gasteiger partial charge on any atom is -0.393 e. The summed E-state index contributed by atoms with van der Waals surface area (Å²) in [4.78, 5) is 15.9. The lowest BCUT2D eigenvalue weighted by atomic mass is 9.94. The lowest BCUT2D eigenvalue weighted by molar-refractivity contribution is 0.145. The Morgan fingerprint density at radius 2 is 1.89 bits per heavy atom. The molecule has 1 N–H and O–H groups in total. The van der Waals surface area contributed by atoms with Gasteiger partial charge in [-0.25, -0.2) is 9.97 Å². The Hall–Kier alpha value is -2.18. The van der Waals surface area contributed by atoms with Gasteiger partial charge in [0, 0.05) is 45.3 Å². The van der Waals surface area contributed by atoms with E-state index in [-0.39, 0.29) is 6.10 Å².